The number of hydrogen-bond acceptors (Lipinski definition) is 3. The molecule has 0 aliphatic carbocycles. The highest BCUT2D eigenvalue weighted by Crippen LogP contribution is 2.31. The molecule has 0 spiro atoms. The van der Waals surface area contributed by atoms with Gasteiger partial charge in [0.2, 0.25) is 5.91 Å². The lowest BCUT2D eigenvalue weighted by Gasteiger charge is -2.11. The van der Waals surface area contributed by atoms with Crippen LogP contribution in [-0.4, -0.2) is 23.5 Å². The van der Waals surface area contributed by atoms with E-state index in [1.165, 1.54) is 6.07 Å². The molecule has 0 atom stereocenters. The average Bonchev–Trinajstić information content (AvgIpc) is 2.32. The molecule has 0 aliphatic rings. The quantitative estimate of drug-likeness (QED) is 0.647. The summed E-state index contributed by atoms with van der Waals surface area (Å²) in [5.74, 6) is -1.32. The number of amides is 1. The summed E-state index contributed by atoms with van der Waals surface area (Å²) in [5, 5.41) is 11.8. The molecule has 19 heavy (non-hydrogen) atoms. The number of rotatable bonds is 6. The zero-order valence-corrected chi connectivity index (χ0v) is 13.3. The molecule has 0 aromatic heterocycles. The first-order valence-corrected chi connectivity index (χ1v) is 7.26. The Labute approximate surface area is 127 Å². The number of carbonyl (C=O) groups excluding carboxylic acids is 1. The van der Waals surface area contributed by atoms with Crippen LogP contribution in [0.5, 0.6) is 0 Å². The van der Waals surface area contributed by atoms with Crippen LogP contribution in [0, 0.1) is 0 Å². The van der Waals surface area contributed by atoms with E-state index in [4.69, 9.17) is 10.8 Å². The van der Waals surface area contributed by atoms with E-state index in [1.807, 2.05) is 0 Å². The van der Waals surface area contributed by atoms with Gasteiger partial charge in [-0.25, -0.2) is 4.79 Å². The van der Waals surface area contributed by atoms with Gasteiger partial charge in [0.25, 0.3) is 0 Å². The predicted octanol–water partition coefficient (Wildman–Crippen LogP) is 2.98. The SMILES string of the molecule is NCCCCC(=O)Nc1c(Br)cc(Br)cc1C(=O)O. The number of halogens is 2. The van der Waals surface area contributed by atoms with E-state index < -0.39 is 5.97 Å². The van der Waals surface area contributed by atoms with E-state index in [9.17, 15) is 9.59 Å². The van der Waals surface area contributed by atoms with E-state index in [0.717, 1.165) is 6.42 Å². The van der Waals surface area contributed by atoms with Crippen molar-refractivity contribution in [3.05, 3.63) is 26.6 Å². The normalized spacial score (nSPS) is 10.3. The van der Waals surface area contributed by atoms with Crippen molar-refractivity contribution in [1.82, 2.24) is 0 Å². The highest BCUT2D eigenvalue weighted by atomic mass is 79.9. The maximum atomic E-state index is 11.7. The van der Waals surface area contributed by atoms with Crippen LogP contribution in [0.2, 0.25) is 0 Å². The van der Waals surface area contributed by atoms with Crippen molar-refractivity contribution < 1.29 is 14.7 Å². The molecule has 104 valence electrons. The Morgan fingerprint density at radius 3 is 2.53 bits per heavy atom. The monoisotopic (exact) mass is 392 g/mol. The molecule has 0 saturated heterocycles. The molecule has 0 radical (unpaired) electrons. The molecule has 1 amide bonds. The number of carboxylic acid groups (broad SMARTS) is 1. The Morgan fingerprint density at radius 1 is 1.26 bits per heavy atom. The maximum Gasteiger partial charge on any atom is 0.337 e. The fourth-order valence-electron chi connectivity index (χ4n) is 1.50. The van der Waals surface area contributed by atoms with Gasteiger partial charge in [-0.15, -0.1) is 0 Å². The van der Waals surface area contributed by atoms with Crippen molar-refractivity contribution in [1.29, 1.82) is 0 Å². The van der Waals surface area contributed by atoms with Gasteiger partial charge in [-0.05, 0) is 47.4 Å². The van der Waals surface area contributed by atoms with Gasteiger partial charge in [-0.3, -0.25) is 4.79 Å². The lowest BCUT2D eigenvalue weighted by Crippen LogP contribution is -2.15. The Balaban J connectivity index is 2.88. The van der Waals surface area contributed by atoms with Crippen molar-refractivity contribution >= 4 is 49.4 Å². The second-order valence-corrected chi connectivity index (χ2v) is 5.68. The minimum Gasteiger partial charge on any atom is -0.478 e. The molecule has 5 nitrogen and oxygen atoms in total. The van der Waals surface area contributed by atoms with Gasteiger partial charge in [0.05, 0.1) is 11.3 Å². The summed E-state index contributed by atoms with van der Waals surface area (Å²) in [7, 11) is 0. The third-order valence-electron chi connectivity index (χ3n) is 2.41. The molecular weight excluding hydrogens is 380 g/mol. The molecule has 1 aromatic carbocycles. The van der Waals surface area contributed by atoms with Gasteiger partial charge >= 0.3 is 5.97 Å². The molecule has 0 aliphatic heterocycles. The number of aromatic carboxylic acids is 1. The zero-order valence-electron chi connectivity index (χ0n) is 10.1. The number of unbranched alkanes of at least 4 members (excludes halogenated alkanes) is 1. The standard InChI is InChI=1S/C12H14Br2N2O3/c13-7-5-8(12(18)19)11(9(14)6-7)16-10(17)3-1-2-4-15/h5-6H,1-4,15H2,(H,16,17)(H,18,19). The van der Waals surface area contributed by atoms with Gasteiger partial charge in [0.1, 0.15) is 0 Å². The molecular formula is C12H14Br2N2O3. The fourth-order valence-corrected chi connectivity index (χ4v) is 2.83. The van der Waals surface area contributed by atoms with E-state index in [1.54, 1.807) is 6.07 Å². The van der Waals surface area contributed by atoms with Crippen LogP contribution in [0.25, 0.3) is 0 Å². The highest BCUT2D eigenvalue weighted by Gasteiger charge is 2.16. The number of carboxylic acids is 1. The van der Waals surface area contributed by atoms with Gasteiger partial charge in [0, 0.05) is 15.4 Å². The van der Waals surface area contributed by atoms with Crippen LogP contribution in [0.3, 0.4) is 0 Å². The second kappa shape index (κ2) is 7.62. The topological polar surface area (TPSA) is 92.4 Å². The molecule has 0 saturated carbocycles. The van der Waals surface area contributed by atoms with Gasteiger partial charge < -0.3 is 16.2 Å². The van der Waals surface area contributed by atoms with E-state index in [-0.39, 0.29) is 17.2 Å². The number of anilines is 1. The maximum absolute atomic E-state index is 11.7. The van der Waals surface area contributed by atoms with Crippen LogP contribution in [0.1, 0.15) is 29.6 Å². The van der Waals surface area contributed by atoms with E-state index in [0.29, 0.717) is 28.3 Å². The molecule has 0 bridgehead atoms. The Kier molecular flexibility index (Phi) is 6.47. The van der Waals surface area contributed by atoms with Gasteiger partial charge in [-0.1, -0.05) is 15.9 Å². The Hall–Kier alpha value is -0.920. The number of benzene rings is 1. The third-order valence-corrected chi connectivity index (χ3v) is 3.49. The van der Waals surface area contributed by atoms with Crippen LogP contribution in [0.15, 0.2) is 21.1 Å². The molecule has 7 heteroatoms. The second-order valence-electron chi connectivity index (χ2n) is 3.91. The summed E-state index contributed by atoms with van der Waals surface area (Å²) in [6.45, 7) is 0.537. The number of hydrogen-bond donors (Lipinski definition) is 3. The number of nitrogens with one attached hydrogen (secondary N) is 1. The van der Waals surface area contributed by atoms with E-state index in [2.05, 4.69) is 37.2 Å². The molecule has 0 unspecified atom stereocenters. The number of carbonyl (C=O) groups is 2. The Bertz CT molecular complexity index is 492. The first kappa shape index (κ1) is 16.1. The Morgan fingerprint density at radius 2 is 1.95 bits per heavy atom. The number of nitrogens with two attached hydrogens (primary N) is 1. The summed E-state index contributed by atoms with van der Waals surface area (Å²) in [6, 6.07) is 3.13. The van der Waals surface area contributed by atoms with Crippen molar-refractivity contribution in [3.63, 3.8) is 0 Å². The predicted molar refractivity (Wildman–Crippen MR) is 80.3 cm³/mol. The molecule has 1 rings (SSSR count). The van der Waals surface area contributed by atoms with Crippen LogP contribution < -0.4 is 11.1 Å². The summed E-state index contributed by atoms with van der Waals surface area (Å²) in [6.07, 6.45) is 1.76. The van der Waals surface area contributed by atoms with Crippen LogP contribution in [-0.2, 0) is 4.79 Å². The molecule has 4 N–H and O–H groups in total. The minimum atomic E-state index is -1.10. The first-order chi connectivity index (χ1) is 8.95. The third kappa shape index (κ3) is 4.93. The van der Waals surface area contributed by atoms with Gasteiger partial charge in [-0.2, -0.15) is 0 Å². The lowest BCUT2D eigenvalue weighted by atomic mass is 10.1. The largest absolute Gasteiger partial charge is 0.478 e. The summed E-state index contributed by atoms with van der Waals surface area (Å²) >= 11 is 6.46. The highest BCUT2D eigenvalue weighted by molar-refractivity contribution is 9.11. The summed E-state index contributed by atoms with van der Waals surface area (Å²) in [5.41, 5.74) is 5.66. The van der Waals surface area contributed by atoms with Crippen molar-refractivity contribution in [2.45, 2.75) is 19.3 Å². The van der Waals surface area contributed by atoms with E-state index >= 15 is 0 Å². The van der Waals surface area contributed by atoms with Crippen molar-refractivity contribution in [3.8, 4) is 0 Å². The summed E-state index contributed by atoms with van der Waals surface area (Å²) < 4.78 is 1.14. The summed E-state index contributed by atoms with van der Waals surface area (Å²) in [4.78, 5) is 22.9. The molecule has 0 fully saturated rings. The lowest BCUT2D eigenvalue weighted by molar-refractivity contribution is -0.116. The minimum absolute atomic E-state index is 0.0356. The first-order valence-electron chi connectivity index (χ1n) is 5.68. The van der Waals surface area contributed by atoms with Crippen molar-refractivity contribution in [2.75, 3.05) is 11.9 Å². The smallest absolute Gasteiger partial charge is 0.337 e. The molecule has 1 aromatic rings. The van der Waals surface area contributed by atoms with Crippen LogP contribution in [0.4, 0.5) is 5.69 Å². The fraction of sp³-hybridized carbons (Fsp3) is 0.333. The average molecular weight is 394 g/mol. The molecule has 0 heterocycles. The zero-order chi connectivity index (χ0) is 14.4. The van der Waals surface area contributed by atoms with Crippen molar-refractivity contribution in [2.24, 2.45) is 5.73 Å². The van der Waals surface area contributed by atoms with Gasteiger partial charge in [0.15, 0.2) is 0 Å². The van der Waals surface area contributed by atoms with Crippen LogP contribution >= 0.6 is 31.9 Å².